The Morgan fingerprint density at radius 2 is 2.06 bits per heavy atom. The second kappa shape index (κ2) is 5.99. The van der Waals surface area contributed by atoms with Crippen LogP contribution in [-0.4, -0.2) is 49.3 Å². The van der Waals surface area contributed by atoms with Crippen LogP contribution in [0.1, 0.15) is 34.6 Å². The number of morpholine rings is 1. The van der Waals surface area contributed by atoms with Crippen LogP contribution >= 0.6 is 0 Å². The Balaban J connectivity index is 2.56. The van der Waals surface area contributed by atoms with E-state index < -0.39 is 0 Å². The van der Waals surface area contributed by atoms with Crippen LogP contribution in [0.5, 0.6) is 0 Å². The van der Waals surface area contributed by atoms with Crippen LogP contribution in [0.15, 0.2) is 0 Å². The third kappa shape index (κ3) is 4.04. The summed E-state index contributed by atoms with van der Waals surface area (Å²) >= 11 is 0. The highest BCUT2D eigenvalue weighted by molar-refractivity contribution is 4.85. The third-order valence-corrected chi connectivity index (χ3v) is 3.30. The largest absolute Gasteiger partial charge is 0.373 e. The Hall–Kier alpha value is -0.120. The van der Waals surface area contributed by atoms with Crippen molar-refractivity contribution in [3.8, 4) is 0 Å². The lowest BCUT2D eigenvalue weighted by atomic mass is 9.98. The molecular weight excluding hydrogens is 200 g/mol. The van der Waals surface area contributed by atoms with Gasteiger partial charge in [0.1, 0.15) is 0 Å². The number of ether oxygens (including phenoxy) is 1. The first kappa shape index (κ1) is 13.9. The Kier molecular flexibility index (Phi) is 5.22. The van der Waals surface area contributed by atoms with Gasteiger partial charge in [0.25, 0.3) is 0 Å². The summed E-state index contributed by atoms with van der Waals surface area (Å²) in [4.78, 5) is 2.58. The van der Waals surface area contributed by atoms with Gasteiger partial charge in [0, 0.05) is 25.7 Å². The van der Waals surface area contributed by atoms with E-state index >= 15 is 0 Å². The highest BCUT2D eigenvalue weighted by atomic mass is 16.5. The zero-order chi connectivity index (χ0) is 12.2. The van der Waals surface area contributed by atoms with Gasteiger partial charge < -0.3 is 10.1 Å². The SMILES string of the molecule is CCNCC(C(C)C)N1CCOC(C)(C)C1. The molecule has 1 rings (SSSR count). The van der Waals surface area contributed by atoms with Crippen LogP contribution in [0.4, 0.5) is 0 Å². The molecule has 16 heavy (non-hydrogen) atoms. The van der Waals surface area contributed by atoms with Gasteiger partial charge in [-0.3, -0.25) is 4.90 Å². The first-order chi connectivity index (χ1) is 7.46. The number of nitrogens with one attached hydrogen (secondary N) is 1. The molecule has 0 spiro atoms. The standard InChI is InChI=1S/C13H28N2O/c1-6-14-9-12(11(2)3)15-7-8-16-13(4,5)10-15/h11-12,14H,6-10H2,1-5H3. The first-order valence-corrected chi connectivity index (χ1v) is 6.55. The summed E-state index contributed by atoms with van der Waals surface area (Å²) in [5, 5.41) is 3.47. The fraction of sp³-hybridized carbons (Fsp3) is 1.00. The molecule has 0 amide bonds. The summed E-state index contributed by atoms with van der Waals surface area (Å²) in [7, 11) is 0. The highest BCUT2D eigenvalue weighted by Gasteiger charge is 2.32. The average molecular weight is 228 g/mol. The van der Waals surface area contributed by atoms with E-state index in [1.165, 1.54) is 0 Å². The zero-order valence-electron chi connectivity index (χ0n) is 11.5. The molecule has 1 unspecified atom stereocenters. The Bertz CT molecular complexity index is 204. The van der Waals surface area contributed by atoms with Gasteiger partial charge in [-0.1, -0.05) is 20.8 Å². The number of nitrogens with zero attached hydrogens (tertiary/aromatic N) is 1. The monoisotopic (exact) mass is 228 g/mol. The lowest BCUT2D eigenvalue weighted by Crippen LogP contribution is -2.56. The molecule has 0 radical (unpaired) electrons. The van der Waals surface area contributed by atoms with Crippen molar-refractivity contribution in [1.82, 2.24) is 10.2 Å². The van der Waals surface area contributed by atoms with Crippen LogP contribution < -0.4 is 5.32 Å². The van der Waals surface area contributed by atoms with Gasteiger partial charge in [-0.05, 0) is 26.3 Å². The van der Waals surface area contributed by atoms with Crippen molar-refractivity contribution in [2.24, 2.45) is 5.92 Å². The van der Waals surface area contributed by atoms with Crippen molar-refractivity contribution < 1.29 is 4.74 Å². The molecule has 1 atom stereocenters. The second-order valence-electron chi connectivity index (χ2n) is 5.70. The molecule has 0 bridgehead atoms. The molecule has 1 aliphatic rings. The molecule has 0 saturated carbocycles. The second-order valence-corrected chi connectivity index (χ2v) is 5.70. The van der Waals surface area contributed by atoms with E-state index in [1.54, 1.807) is 0 Å². The van der Waals surface area contributed by atoms with Gasteiger partial charge in [0.15, 0.2) is 0 Å². The van der Waals surface area contributed by atoms with Gasteiger partial charge in [-0.2, -0.15) is 0 Å². The van der Waals surface area contributed by atoms with Crippen molar-refractivity contribution in [1.29, 1.82) is 0 Å². The van der Waals surface area contributed by atoms with Crippen molar-refractivity contribution in [2.45, 2.75) is 46.3 Å². The van der Waals surface area contributed by atoms with Gasteiger partial charge >= 0.3 is 0 Å². The minimum atomic E-state index is 0.0115. The molecule has 1 aliphatic heterocycles. The Labute approximate surface area is 101 Å². The molecule has 1 N–H and O–H groups in total. The van der Waals surface area contributed by atoms with E-state index in [0.29, 0.717) is 12.0 Å². The third-order valence-electron chi connectivity index (χ3n) is 3.30. The predicted octanol–water partition coefficient (Wildman–Crippen LogP) is 1.73. The number of hydrogen-bond donors (Lipinski definition) is 1. The topological polar surface area (TPSA) is 24.5 Å². The van der Waals surface area contributed by atoms with Crippen LogP contribution in [0, 0.1) is 5.92 Å². The number of rotatable bonds is 5. The van der Waals surface area contributed by atoms with E-state index in [9.17, 15) is 0 Å². The fourth-order valence-electron chi connectivity index (χ4n) is 2.41. The molecule has 0 aromatic heterocycles. The summed E-state index contributed by atoms with van der Waals surface area (Å²) in [5.41, 5.74) is 0.0115. The summed E-state index contributed by atoms with van der Waals surface area (Å²) in [6.45, 7) is 16.3. The maximum atomic E-state index is 5.77. The summed E-state index contributed by atoms with van der Waals surface area (Å²) in [5.74, 6) is 0.688. The van der Waals surface area contributed by atoms with Crippen molar-refractivity contribution in [3.63, 3.8) is 0 Å². The zero-order valence-corrected chi connectivity index (χ0v) is 11.5. The lowest BCUT2D eigenvalue weighted by Gasteiger charge is -2.43. The molecule has 96 valence electrons. The van der Waals surface area contributed by atoms with Crippen LogP contribution in [0.3, 0.4) is 0 Å². The van der Waals surface area contributed by atoms with Crippen molar-refractivity contribution >= 4 is 0 Å². The molecule has 1 heterocycles. The molecule has 3 nitrogen and oxygen atoms in total. The fourth-order valence-corrected chi connectivity index (χ4v) is 2.41. The molecule has 0 aromatic rings. The van der Waals surface area contributed by atoms with Gasteiger partial charge in [-0.25, -0.2) is 0 Å². The van der Waals surface area contributed by atoms with Gasteiger partial charge in [0.05, 0.1) is 12.2 Å². The molecule has 3 heteroatoms. The van der Waals surface area contributed by atoms with Crippen LogP contribution in [-0.2, 0) is 4.74 Å². The van der Waals surface area contributed by atoms with E-state index in [-0.39, 0.29) is 5.60 Å². The maximum Gasteiger partial charge on any atom is 0.0753 e. The van der Waals surface area contributed by atoms with Crippen LogP contribution in [0.25, 0.3) is 0 Å². The average Bonchev–Trinajstić information content (AvgIpc) is 2.16. The molecule has 0 aliphatic carbocycles. The maximum absolute atomic E-state index is 5.77. The minimum Gasteiger partial charge on any atom is -0.373 e. The van der Waals surface area contributed by atoms with Gasteiger partial charge in [0.2, 0.25) is 0 Å². The molecule has 1 saturated heterocycles. The van der Waals surface area contributed by atoms with Crippen molar-refractivity contribution in [2.75, 3.05) is 32.8 Å². The van der Waals surface area contributed by atoms with Gasteiger partial charge in [-0.15, -0.1) is 0 Å². The predicted molar refractivity (Wildman–Crippen MR) is 68.8 cm³/mol. The lowest BCUT2D eigenvalue weighted by molar-refractivity contribution is -0.101. The Morgan fingerprint density at radius 3 is 2.56 bits per heavy atom. The summed E-state index contributed by atoms with van der Waals surface area (Å²) < 4.78 is 5.77. The molecular formula is C13H28N2O. The Morgan fingerprint density at radius 1 is 1.38 bits per heavy atom. The normalized spacial score (nSPS) is 23.6. The summed E-state index contributed by atoms with van der Waals surface area (Å²) in [6, 6.07) is 0.628. The smallest absolute Gasteiger partial charge is 0.0753 e. The molecule has 0 aromatic carbocycles. The molecule has 1 fully saturated rings. The van der Waals surface area contributed by atoms with Crippen LogP contribution in [0.2, 0.25) is 0 Å². The van der Waals surface area contributed by atoms with E-state index in [2.05, 4.69) is 44.8 Å². The quantitative estimate of drug-likeness (QED) is 0.775. The summed E-state index contributed by atoms with van der Waals surface area (Å²) in [6.07, 6.45) is 0. The number of likely N-dealkylation sites (N-methyl/N-ethyl adjacent to an activating group) is 1. The first-order valence-electron chi connectivity index (χ1n) is 6.55. The minimum absolute atomic E-state index is 0.0115. The van der Waals surface area contributed by atoms with Crippen molar-refractivity contribution in [3.05, 3.63) is 0 Å². The van der Waals surface area contributed by atoms with E-state index in [0.717, 1.165) is 32.8 Å². The number of hydrogen-bond acceptors (Lipinski definition) is 3. The van der Waals surface area contributed by atoms with E-state index in [1.807, 2.05) is 0 Å². The highest BCUT2D eigenvalue weighted by Crippen LogP contribution is 2.21. The van der Waals surface area contributed by atoms with E-state index in [4.69, 9.17) is 4.74 Å².